The van der Waals surface area contributed by atoms with E-state index in [9.17, 15) is 9.59 Å². The van der Waals surface area contributed by atoms with Crippen molar-refractivity contribution in [3.8, 4) is 0 Å². The molecule has 12 heavy (non-hydrogen) atoms. The normalized spacial score (nSPS) is 22.6. The lowest BCUT2D eigenvalue weighted by molar-refractivity contribution is -0.136. The summed E-state index contributed by atoms with van der Waals surface area (Å²) < 4.78 is 0. The molecule has 2 nitrogen and oxygen atoms in total. The maximum Gasteiger partial charge on any atom is 0.211 e. The molecular weight excluding hydrogens is 172 g/mol. The third kappa shape index (κ3) is 2.34. The fraction of sp³-hybridized carbons (Fsp3) is 0.778. The zero-order chi connectivity index (χ0) is 8.97. The summed E-state index contributed by atoms with van der Waals surface area (Å²) in [5, 5.41) is -0.0101. The Morgan fingerprint density at radius 3 is 2.75 bits per heavy atom. The highest BCUT2D eigenvalue weighted by Gasteiger charge is 2.27. The second-order valence-electron chi connectivity index (χ2n) is 3.04. The summed E-state index contributed by atoms with van der Waals surface area (Å²) in [4.78, 5) is 22.5. The molecule has 1 rings (SSSR count). The second-order valence-corrected chi connectivity index (χ2v) is 4.35. The Morgan fingerprint density at radius 2 is 2.25 bits per heavy atom. The van der Waals surface area contributed by atoms with Crippen molar-refractivity contribution < 1.29 is 9.59 Å². The number of hydrogen-bond acceptors (Lipinski definition) is 3. The number of hydrogen-bond donors (Lipinski definition) is 0. The van der Waals surface area contributed by atoms with Gasteiger partial charge in [0.05, 0.1) is 5.25 Å². The predicted molar refractivity (Wildman–Crippen MR) is 50.4 cm³/mol. The molecule has 1 atom stereocenters. The maximum absolute atomic E-state index is 11.4. The van der Waals surface area contributed by atoms with Gasteiger partial charge in [-0.05, 0) is 25.0 Å². The topological polar surface area (TPSA) is 34.1 Å². The number of thioether (sulfide) groups is 1. The van der Waals surface area contributed by atoms with Gasteiger partial charge in [-0.15, -0.1) is 0 Å². The molecule has 68 valence electrons. The molecule has 1 aliphatic heterocycles. The van der Waals surface area contributed by atoms with E-state index in [1.54, 1.807) is 11.8 Å². The van der Waals surface area contributed by atoms with Gasteiger partial charge in [-0.3, -0.25) is 9.59 Å². The first-order chi connectivity index (χ1) is 5.75. The van der Waals surface area contributed by atoms with E-state index in [1.165, 1.54) is 0 Å². The fourth-order valence-electron chi connectivity index (χ4n) is 1.31. The highest BCUT2D eigenvalue weighted by atomic mass is 32.2. The van der Waals surface area contributed by atoms with Gasteiger partial charge in [0.1, 0.15) is 0 Å². The zero-order valence-corrected chi connectivity index (χ0v) is 8.15. The molecule has 0 saturated carbocycles. The molecule has 1 heterocycles. The Balaban J connectivity index is 2.40. The van der Waals surface area contributed by atoms with Crippen molar-refractivity contribution in [1.82, 2.24) is 0 Å². The number of ketones is 2. The van der Waals surface area contributed by atoms with Gasteiger partial charge in [-0.2, -0.15) is 11.8 Å². The van der Waals surface area contributed by atoms with Crippen LogP contribution in [0.1, 0.15) is 32.6 Å². The summed E-state index contributed by atoms with van der Waals surface area (Å²) in [6, 6.07) is 0. The largest absolute Gasteiger partial charge is 0.291 e. The van der Waals surface area contributed by atoms with Crippen LogP contribution in [0.5, 0.6) is 0 Å². The first-order valence-corrected chi connectivity index (χ1v) is 5.49. The van der Waals surface area contributed by atoms with Crippen LogP contribution < -0.4 is 0 Å². The minimum Gasteiger partial charge on any atom is -0.291 e. The van der Waals surface area contributed by atoms with Gasteiger partial charge in [0.15, 0.2) is 5.78 Å². The van der Waals surface area contributed by atoms with Crippen molar-refractivity contribution in [2.24, 2.45) is 0 Å². The van der Waals surface area contributed by atoms with E-state index in [2.05, 4.69) is 0 Å². The second kappa shape index (κ2) is 4.65. The third-order valence-corrected chi connectivity index (χ3v) is 3.35. The Morgan fingerprint density at radius 1 is 1.50 bits per heavy atom. The molecule has 0 amide bonds. The summed E-state index contributed by atoms with van der Waals surface area (Å²) in [6.07, 6.45) is 3.19. The Kier molecular flexibility index (Phi) is 3.79. The number of carbonyl (C=O) groups excluding carboxylic acids is 2. The number of Topliss-reactive ketones (excluding diaryl/α,β-unsaturated/α-hetero) is 2. The lowest BCUT2D eigenvalue weighted by Gasteiger charge is -2.04. The van der Waals surface area contributed by atoms with Crippen molar-refractivity contribution in [3.63, 3.8) is 0 Å². The molecule has 1 fully saturated rings. The molecule has 0 aromatic rings. The van der Waals surface area contributed by atoms with Gasteiger partial charge in [-0.1, -0.05) is 6.92 Å². The molecule has 0 aromatic heterocycles. The molecule has 1 aliphatic rings. The van der Waals surface area contributed by atoms with Crippen molar-refractivity contribution in [1.29, 1.82) is 0 Å². The van der Waals surface area contributed by atoms with E-state index in [4.69, 9.17) is 0 Å². The van der Waals surface area contributed by atoms with E-state index in [-0.39, 0.29) is 16.8 Å². The smallest absolute Gasteiger partial charge is 0.211 e. The minimum atomic E-state index is -0.170. The number of rotatable bonds is 4. The highest BCUT2D eigenvalue weighted by Crippen LogP contribution is 2.27. The molecule has 0 spiro atoms. The molecule has 0 bridgehead atoms. The lowest BCUT2D eigenvalue weighted by atomic mass is 10.1. The van der Waals surface area contributed by atoms with Crippen LogP contribution in [0.2, 0.25) is 0 Å². The lowest BCUT2D eigenvalue weighted by Crippen LogP contribution is -2.23. The van der Waals surface area contributed by atoms with Gasteiger partial charge in [-0.25, -0.2) is 0 Å². The van der Waals surface area contributed by atoms with Gasteiger partial charge < -0.3 is 0 Å². The molecule has 0 aromatic carbocycles. The van der Waals surface area contributed by atoms with Gasteiger partial charge in [0.2, 0.25) is 5.78 Å². The van der Waals surface area contributed by atoms with E-state index < -0.39 is 0 Å². The summed E-state index contributed by atoms with van der Waals surface area (Å²) in [6.45, 7) is 1.92. The SMILES string of the molecule is CCCC(=O)C(=O)C1CCCS1. The zero-order valence-electron chi connectivity index (χ0n) is 7.34. The predicted octanol–water partition coefficient (Wildman–Crippen LogP) is 1.82. The van der Waals surface area contributed by atoms with E-state index in [0.29, 0.717) is 6.42 Å². The van der Waals surface area contributed by atoms with Crippen molar-refractivity contribution >= 4 is 23.3 Å². The Hall–Kier alpha value is -0.310. The van der Waals surface area contributed by atoms with Crippen LogP contribution in [-0.2, 0) is 9.59 Å². The summed E-state index contributed by atoms with van der Waals surface area (Å²) in [5.74, 6) is 0.728. The average molecular weight is 186 g/mol. The molecule has 1 unspecified atom stereocenters. The summed E-state index contributed by atoms with van der Waals surface area (Å²) >= 11 is 1.63. The molecular formula is C9H14O2S. The van der Waals surface area contributed by atoms with Crippen LogP contribution in [0, 0.1) is 0 Å². The molecule has 0 aliphatic carbocycles. The monoisotopic (exact) mass is 186 g/mol. The van der Waals surface area contributed by atoms with Crippen LogP contribution >= 0.6 is 11.8 Å². The van der Waals surface area contributed by atoms with Crippen LogP contribution in [0.15, 0.2) is 0 Å². The molecule has 3 heteroatoms. The third-order valence-electron chi connectivity index (χ3n) is 1.97. The van der Waals surface area contributed by atoms with Crippen LogP contribution in [0.4, 0.5) is 0 Å². The number of carbonyl (C=O) groups is 2. The average Bonchev–Trinajstić information content (AvgIpc) is 2.55. The van der Waals surface area contributed by atoms with Gasteiger partial charge >= 0.3 is 0 Å². The summed E-state index contributed by atoms with van der Waals surface area (Å²) in [5.41, 5.74) is 0. The molecule has 0 N–H and O–H groups in total. The Bertz CT molecular complexity index is 183. The van der Waals surface area contributed by atoms with Crippen molar-refractivity contribution in [2.75, 3.05) is 5.75 Å². The first-order valence-electron chi connectivity index (χ1n) is 4.44. The van der Waals surface area contributed by atoms with E-state index in [1.807, 2.05) is 6.92 Å². The highest BCUT2D eigenvalue weighted by molar-refractivity contribution is 8.00. The van der Waals surface area contributed by atoms with Crippen LogP contribution in [-0.4, -0.2) is 22.6 Å². The molecule has 1 saturated heterocycles. The fourth-order valence-corrected chi connectivity index (χ4v) is 2.55. The summed E-state index contributed by atoms with van der Waals surface area (Å²) in [7, 11) is 0. The molecule has 0 radical (unpaired) electrons. The maximum atomic E-state index is 11.4. The van der Waals surface area contributed by atoms with Crippen LogP contribution in [0.3, 0.4) is 0 Å². The van der Waals surface area contributed by atoms with Crippen LogP contribution in [0.25, 0.3) is 0 Å². The quantitative estimate of drug-likeness (QED) is 0.628. The van der Waals surface area contributed by atoms with E-state index >= 15 is 0 Å². The Labute approximate surface area is 77.1 Å². The van der Waals surface area contributed by atoms with Gasteiger partial charge in [0, 0.05) is 6.42 Å². The standard InChI is InChI=1S/C9H14O2S/c1-2-4-7(10)9(11)8-5-3-6-12-8/h8H,2-6H2,1H3. The van der Waals surface area contributed by atoms with Gasteiger partial charge in [0.25, 0.3) is 0 Å². The minimum absolute atomic E-state index is 0.0101. The van der Waals surface area contributed by atoms with Crippen molar-refractivity contribution in [2.45, 2.75) is 37.9 Å². The van der Waals surface area contributed by atoms with Crippen molar-refractivity contribution in [3.05, 3.63) is 0 Å². The van der Waals surface area contributed by atoms with E-state index in [0.717, 1.165) is 25.0 Å². The first kappa shape index (κ1) is 9.78.